The Morgan fingerprint density at radius 3 is 2.55 bits per heavy atom. The van der Waals surface area contributed by atoms with E-state index < -0.39 is 30.1 Å². The molecule has 1 heterocycles. The van der Waals surface area contributed by atoms with Crippen molar-refractivity contribution < 1.29 is 24.6 Å². The lowest BCUT2D eigenvalue weighted by Crippen LogP contribution is -2.43. The molecule has 2 rings (SSSR count). The fourth-order valence-corrected chi connectivity index (χ4v) is 4.06. The predicted molar refractivity (Wildman–Crippen MR) is 115 cm³/mol. The highest BCUT2D eigenvalue weighted by atomic mass is 32.2. The van der Waals surface area contributed by atoms with Gasteiger partial charge in [0.1, 0.15) is 10.4 Å². The van der Waals surface area contributed by atoms with Gasteiger partial charge in [-0.3, -0.25) is 9.59 Å². The SMILES string of the molecule is Cc1ccc(/C=C2/SC(=S)N(CCC(=O)NC(CCC(N)=O)C(=O)O)C2O)cc1. The Bertz CT molecular complexity index is 826. The van der Waals surface area contributed by atoms with Gasteiger partial charge < -0.3 is 26.2 Å². The Balaban J connectivity index is 1.93. The van der Waals surface area contributed by atoms with E-state index in [1.54, 1.807) is 0 Å². The zero-order valence-electron chi connectivity index (χ0n) is 15.8. The first kappa shape index (κ1) is 22.9. The standard InChI is InChI=1S/C19H23N3O5S2/c1-11-2-4-12(5-3-11)10-14-17(25)22(19(28)29-14)9-8-16(24)21-13(18(26)27)6-7-15(20)23/h2-5,10,13,17,25H,6-9H2,1H3,(H2,20,23)(H,21,24)(H,26,27)/b14-10+. The second kappa shape index (κ2) is 10.4. The minimum atomic E-state index is -1.24. The van der Waals surface area contributed by atoms with Crippen LogP contribution in [0.5, 0.6) is 0 Å². The Morgan fingerprint density at radius 1 is 1.31 bits per heavy atom. The zero-order chi connectivity index (χ0) is 21.6. The number of hydrogen-bond donors (Lipinski definition) is 4. The molecule has 1 fully saturated rings. The monoisotopic (exact) mass is 437 g/mol. The lowest BCUT2D eigenvalue weighted by atomic mass is 10.1. The molecule has 0 radical (unpaired) electrons. The number of aryl methyl sites for hydroxylation is 1. The number of rotatable bonds is 9. The first-order chi connectivity index (χ1) is 13.7. The van der Waals surface area contributed by atoms with Crippen LogP contribution in [0.1, 0.15) is 30.4 Å². The number of carboxylic acid groups (broad SMARTS) is 1. The molecule has 2 atom stereocenters. The highest BCUT2D eigenvalue weighted by Gasteiger charge is 2.32. The number of benzene rings is 1. The van der Waals surface area contributed by atoms with Crippen molar-refractivity contribution in [2.45, 2.75) is 38.5 Å². The highest BCUT2D eigenvalue weighted by Crippen LogP contribution is 2.35. The summed E-state index contributed by atoms with van der Waals surface area (Å²) in [5.41, 5.74) is 7.08. The molecule has 1 aromatic rings. The molecule has 1 aromatic carbocycles. The van der Waals surface area contributed by atoms with E-state index in [0.717, 1.165) is 11.1 Å². The summed E-state index contributed by atoms with van der Waals surface area (Å²) in [6.45, 7) is 2.12. The smallest absolute Gasteiger partial charge is 0.326 e. The fraction of sp³-hybridized carbons (Fsp3) is 0.368. The van der Waals surface area contributed by atoms with Crippen molar-refractivity contribution in [3.05, 3.63) is 40.3 Å². The number of aliphatic carboxylic acids is 1. The van der Waals surface area contributed by atoms with Crippen LogP contribution in [0, 0.1) is 6.92 Å². The minimum absolute atomic E-state index is 0.0596. The number of aliphatic hydroxyl groups is 1. The molecule has 1 aliphatic rings. The highest BCUT2D eigenvalue weighted by molar-refractivity contribution is 8.25. The topological polar surface area (TPSA) is 133 Å². The number of carbonyl (C=O) groups excluding carboxylic acids is 2. The lowest BCUT2D eigenvalue weighted by molar-refractivity contribution is -0.142. The van der Waals surface area contributed by atoms with E-state index in [2.05, 4.69) is 5.32 Å². The van der Waals surface area contributed by atoms with Crippen LogP contribution in [0.3, 0.4) is 0 Å². The molecule has 8 nitrogen and oxygen atoms in total. The average Bonchev–Trinajstić information content (AvgIpc) is 2.91. The van der Waals surface area contributed by atoms with E-state index in [0.29, 0.717) is 9.23 Å². The number of thiocarbonyl (C=S) groups is 1. The molecule has 0 bridgehead atoms. The number of aliphatic hydroxyl groups excluding tert-OH is 1. The number of thioether (sulfide) groups is 1. The van der Waals surface area contributed by atoms with Gasteiger partial charge in [0.2, 0.25) is 11.8 Å². The maximum Gasteiger partial charge on any atom is 0.326 e. The Labute approximate surface area is 178 Å². The van der Waals surface area contributed by atoms with Crippen molar-refractivity contribution in [1.29, 1.82) is 0 Å². The van der Waals surface area contributed by atoms with Gasteiger partial charge in [0.15, 0.2) is 6.23 Å². The van der Waals surface area contributed by atoms with E-state index in [4.69, 9.17) is 23.1 Å². The van der Waals surface area contributed by atoms with Crippen LogP contribution in [0.25, 0.3) is 6.08 Å². The molecule has 0 saturated carbocycles. The van der Waals surface area contributed by atoms with Crippen LogP contribution < -0.4 is 11.1 Å². The summed E-state index contributed by atoms with van der Waals surface area (Å²) in [6, 6.07) is 6.61. The third kappa shape index (κ3) is 6.84. The van der Waals surface area contributed by atoms with Gasteiger partial charge in [0, 0.05) is 24.3 Å². The normalized spacial score (nSPS) is 18.7. The van der Waals surface area contributed by atoms with Crippen LogP contribution >= 0.6 is 24.0 Å². The van der Waals surface area contributed by atoms with Gasteiger partial charge in [0.05, 0.1) is 0 Å². The molecule has 1 saturated heterocycles. The summed E-state index contributed by atoms with van der Waals surface area (Å²) in [5.74, 6) is -2.39. The zero-order valence-corrected chi connectivity index (χ0v) is 17.5. The van der Waals surface area contributed by atoms with Crippen molar-refractivity contribution in [1.82, 2.24) is 10.2 Å². The van der Waals surface area contributed by atoms with Gasteiger partial charge in [-0.1, -0.05) is 53.8 Å². The Kier molecular flexibility index (Phi) is 8.18. The number of nitrogens with one attached hydrogen (secondary N) is 1. The summed E-state index contributed by atoms with van der Waals surface area (Å²) >= 11 is 6.55. The first-order valence-electron chi connectivity index (χ1n) is 8.92. The molecule has 2 amide bonds. The summed E-state index contributed by atoms with van der Waals surface area (Å²) in [4.78, 5) is 36.3. The summed E-state index contributed by atoms with van der Waals surface area (Å²) in [5, 5.41) is 22.0. The number of carbonyl (C=O) groups is 3. The number of hydrogen-bond acceptors (Lipinski definition) is 6. The minimum Gasteiger partial charge on any atom is -0.480 e. The van der Waals surface area contributed by atoms with Crippen molar-refractivity contribution in [3.63, 3.8) is 0 Å². The van der Waals surface area contributed by atoms with Crippen molar-refractivity contribution in [2.24, 2.45) is 5.73 Å². The van der Waals surface area contributed by atoms with E-state index in [1.807, 2.05) is 37.3 Å². The largest absolute Gasteiger partial charge is 0.480 e. The van der Waals surface area contributed by atoms with E-state index in [1.165, 1.54) is 16.7 Å². The second-order valence-corrected chi connectivity index (χ2v) is 8.31. The van der Waals surface area contributed by atoms with Crippen LogP contribution in [-0.2, 0) is 14.4 Å². The third-order valence-electron chi connectivity index (χ3n) is 4.27. The van der Waals surface area contributed by atoms with Crippen LogP contribution in [0.4, 0.5) is 0 Å². The summed E-state index contributed by atoms with van der Waals surface area (Å²) < 4.78 is 0.437. The molecular formula is C19H23N3O5S2. The quantitative estimate of drug-likeness (QED) is 0.424. The van der Waals surface area contributed by atoms with Gasteiger partial charge in [-0.25, -0.2) is 4.79 Å². The number of nitrogens with two attached hydrogens (primary N) is 1. The molecule has 2 unspecified atom stereocenters. The third-order valence-corrected chi connectivity index (χ3v) is 5.73. The maximum atomic E-state index is 12.1. The number of primary amides is 1. The fourth-order valence-electron chi connectivity index (χ4n) is 2.64. The Morgan fingerprint density at radius 2 is 1.97 bits per heavy atom. The van der Waals surface area contributed by atoms with Crippen LogP contribution in [0.2, 0.25) is 0 Å². The van der Waals surface area contributed by atoms with Crippen molar-refractivity contribution in [2.75, 3.05) is 6.54 Å². The molecule has 1 aliphatic heterocycles. The van der Waals surface area contributed by atoms with Gasteiger partial charge in [-0.15, -0.1) is 0 Å². The van der Waals surface area contributed by atoms with Gasteiger partial charge in [-0.05, 0) is 25.0 Å². The van der Waals surface area contributed by atoms with Crippen molar-refractivity contribution in [3.8, 4) is 0 Å². The second-order valence-electron chi connectivity index (χ2n) is 6.61. The van der Waals surface area contributed by atoms with Gasteiger partial charge >= 0.3 is 5.97 Å². The summed E-state index contributed by atoms with van der Waals surface area (Å²) in [7, 11) is 0. The molecule has 29 heavy (non-hydrogen) atoms. The van der Waals surface area contributed by atoms with E-state index >= 15 is 0 Å². The number of nitrogens with zero attached hydrogens (tertiary/aromatic N) is 1. The molecule has 0 spiro atoms. The first-order valence-corrected chi connectivity index (χ1v) is 10.1. The molecule has 0 aromatic heterocycles. The molecular weight excluding hydrogens is 414 g/mol. The van der Waals surface area contributed by atoms with E-state index in [9.17, 15) is 19.5 Å². The molecule has 156 valence electrons. The summed E-state index contributed by atoms with van der Waals surface area (Å²) in [6.07, 6.45) is 0.587. The van der Waals surface area contributed by atoms with Crippen LogP contribution in [-0.4, -0.2) is 56.0 Å². The molecule has 10 heteroatoms. The van der Waals surface area contributed by atoms with Gasteiger partial charge in [0.25, 0.3) is 0 Å². The predicted octanol–water partition coefficient (Wildman–Crippen LogP) is 1.21. The maximum absolute atomic E-state index is 12.1. The average molecular weight is 438 g/mol. The Hall–Kier alpha value is -2.43. The molecule has 5 N–H and O–H groups in total. The lowest BCUT2D eigenvalue weighted by Gasteiger charge is -2.21. The van der Waals surface area contributed by atoms with Crippen molar-refractivity contribution >= 4 is 52.2 Å². The molecule has 0 aliphatic carbocycles. The van der Waals surface area contributed by atoms with Gasteiger partial charge in [-0.2, -0.15) is 0 Å². The number of carboxylic acids is 1. The number of amides is 2. The van der Waals surface area contributed by atoms with Crippen LogP contribution in [0.15, 0.2) is 29.2 Å². The van der Waals surface area contributed by atoms with E-state index in [-0.39, 0.29) is 25.8 Å².